The molecule has 6 nitrogen and oxygen atoms in total. The van der Waals surface area contributed by atoms with E-state index >= 15 is 0 Å². The maximum atomic E-state index is 11.2. The molecular formula is C20H30O6. The van der Waals surface area contributed by atoms with E-state index in [2.05, 4.69) is 13.8 Å². The van der Waals surface area contributed by atoms with Gasteiger partial charge in [0.2, 0.25) is 0 Å². The van der Waals surface area contributed by atoms with E-state index in [0.717, 1.165) is 36.8 Å². The van der Waals surface area contributed by atoms with Crippen LogP contribution in [0.5, 0.6) is 11.5 Å². The zero-order valence-electron chi connectivity index (χ0n) is 16.3. The number of carbonyl (C=O) groups is 2. The van der Waals surface area contributed by atoms with Crippen molar-refractivity contribution >= 4 is 11.9 Å². The first kappa shape index (κ1) is 21.8. The molecule has 1 aromatic carbocycles. The van der Waals surface area contributed by atoms with E-state index < -0.39 is 0 Å². The van der Waals surface area contributed by atoms with Crippen molar-refractivity contribution in [3.05, 3.63) is 23.3 Å². The van der Waals surface area contributed by atoms with Crippen LogP contribution in [0.1, 0.15) is 64.5 Å². The van der Waals surface area contributed by atoms with Crippen LogP contribution in [0.25, 0.3) is 0 Å². The van der Waals surface area contributed by atoms with Crippen LogP contribution in [0.2, 0.25) is 0 Å². The minimum Gasteiger partial charge on any atom is -0.489 e. The maximum Gasteiger partial charge on any atom is 0.302 e. The number of hydrogen-bond acceptors (Lipinski definition) is 6. The molecular weight excluding hydrogens is 336 g/mol. The van der Waals surface area contributed by atoms with E-state index in [1.54, 1.807) is 0 Å². The molecule has 0 spiro atoms. The Labute approximate surface area is 155 Å². The fraction of sp³-hybridized carbons (Fsp3) is 0.600. The number of carbonyl (C=O) groups excluding carboxylic acids is 2. The molecule has 0 aliphatic carbocycles. The molecule has 0 N–H and O–H groups in total. The first-order chi connectivity index (χ1) is 12.5. The Bertz CT molecular complexity index is 531. The summed E-state index contributed by atoms with van der Waals surface area (Å²) in [6, 6.07) is 3.63. The van der Waals surface area contributed by atoms with Gasteiger partial charge in [-0.3, -0.25) is 9.59 Å². The molecule has 0 fully saturated rings. The van der Waals surface area contributed by atoms with Gasteiger partial charge in [-0.1, -0.05) is 38.8 Å². The summed E-state index contributed by atoms with van der Waals surface area (Å²) in [6.07, 6.45) is 3.79. The third-order valence-corrected chi connectivity index (χ3v) is 3.63. The molecule has 6 heteroatoms. The van der Waals surface area contributed by atoms with Gasteiger partial charge in [-0.15, -0.1) is 0 Å². The minimum absolute atomic E-state index is 0.106. The molecule has 0 aromatic heterocycles. The van der Waals surface area contributed by atoms with Crippen LogP contribution in [0, 0.1) is 0 Å². The summed E-state index contributed by atoms with van der Waals surface area (Å²) in [6.45, 7) is 8.17. The van der Waals surface area contributed by atoms with Crippen molar-refractivity contribution in [2.45, 2.75) is 66.6 Å². The molecule has 0 bridgehead atoms. The Hall–Kier alpha value is -2.24. The highest BCUT2D eigenvalue weighted by Gasteiger charge is 2.18. The standard InChI is InChI=1S/C20H30O6/c1-5-7-11-23-19-17(13-25-15(3)21)9-10-18(14-26-16(4)22)20(19)24-12-8-6-2/h9-10H,5-8,11-14H2,1-4H3. The van der Waals surface area contributed by atoms with E-state index in [1.165, 1.54) is 13.8 Å². The fourth-order valence-corrected chi connectivity index (χ4v) is 2.18. The lowest BCUT2D eigenvalue weighted by Crippen LogP contribution is -2.10. The van der Waals surface area contributed by atoms with E-state index in [9.17, 15) is 9.59 Å². The van der Waals surface area contributed by atoms with Gasteiger partial charge in [0.15, 0.2) is 11.5 Å². The van der Waals surface area contributed by atoms with Crippen LogP contribution >= 0.6 is 0 Å². The highest BCUT2D eigenvalue weighted by atomic mass is 16.5. The molecule has 0 aliphatic heterocycles. The van der Waals surface area contributed by atoms with Crippen LogP contribution in [0.3, 0.4) is 0 Å². The number of unbranched alkanes of at least 4 members (excludes halogenated alkanes) is 2. The van der Waals surface area contributed by atoms with Gasteiger partial charge in [0.05, 0.1) is 13.2 Å². The molecule has 0 heterocycles. The zero-order chi connectivity index (χ0) is 19.4. The van der Waals surface area contributed by atoms with E-state index in [0.29, 0.717) is 24.7 Å². The number of hydrogen-bond donors (Lipinski definition) is 0. The largest absolute Gasteiger partial charge is 0.489 e. The number of benzene rings is 1. The van der Waals surface area contributed by atoms with E-state index in [1.807, 2.05) is 12.1 Å². The van der Waals surface area contributed by atoms with Gasteiger partial charge in [0.1, 0.15) is 13.2 Å². The molecule has 0 amide bonds. The van der Waals surface area contributed by atoms with Crippen molar-refractivity contribution in [1.29, 1.82) is 0 Å². The van der Waals surface area contributed by atoms with Crippen LogP contribution in [0.4, 0.5) is 0 Å². The van der Waals surface area contributed by atoms with Crippen molar-refractivity contribution in [2.75, 3.05) is 13.2 Å². The summed E-state index contributed by atoms with van der Waals surface area (Å²) >= 11 is 0. The summed E-state index contributed by atoms with van der Waals surface area (Å²) in [5.74, 6) is 0.393. The van der Waals surface area contributed by atoms with Gasteiger partial charge in [-0.25, -0.2) is 0 Å². The molecule has 0 aliphatic rings. The summed E-state index contributed by atoms with van der Waals surface area (Å²) in [7, 11) is 0. The third-order valence-electron chi connectivity index (χ3n) is 3.63. The summed E-state index contributed by atoms with van der Waals surface area (Å²) < 4.78 is 22.2. The van der Waals surface area contributed by atoms with Crippen molar-refractivity contribution in [3.63, 3.8) is 0 Å². The molecule has 1 aromatic rings. The van der Waals surface area contributed by atoms with Crippen molar-refractivity contribution in [1.82, 2.24) is 0 Å². The SMILES string of the molecule is CCCCOc1c(COC(C)=O)ccc(COC(C)=O)c1OCCCC. The maximum absolute atomic E-state index is 11.2. The lowest BCUT2D eigenvalue weighted by Gasteiger charge is -2.19. The predicted molar refractivity (Wildman–Crippen MR) is 98.2 cm³/mol. The number of ether oxygens (including phenoxy) is 4. The first-order valence-electron chi connectivity index (χ1n) is 9.16. The average molecular weight is 366 g/mol. The van der Waals surface area contributed by atoms with Crippen molar-refractivity contribution in [2.24, 2.45) is 0 Å². The predicted octanol–water partition coefficient (Wildman–Crippen LogP) is 4.17. The van der Waals surface area contributed by atoms with Gasteiger partial charge in [-0.2, -0.15) is 0 Å². The molecule has 0 unspecified atom stereocenters. The van der Waals surface area contributed by atoms with E-state index in [4.69, 9.17) is 18.9 Å². The van der Waals surface area contributed by atoms with E-state index in [-0.39, 0.29) is 25.2 Å². The second-order valence-corrected chi connectivity index (χ2v) is 6.01. The normalized spacial score (nSPS) is 10.3. The summed E-state index contributed by atoms with van der Waals surface area (Å²) in [5, 5.41) is 0. The van der Waals surface area contributed by atoms with Crippen molar-refractivity contribution in [3.8, 4) is 11.5 Å². The minimum atomic E-state index is -0.359. The molecule has 26 heavy (non-hydrogen) atoms. The monoisotopic (exact) mass is 366 g/mol. The highest BCUT2D eigenvalue weighted by Crippen LogP contribution is 2.37. The molecule has 0 saturated heterocycles. The summed E-state index contributed by atoms with van der Waals surface area (Å²) in [4.78, 5) is 22.4. The molecule has 0 saturated carbocycles. The Morgan fingerprint density at radius 1 is 0.769 bits per heavy atom. The number of rotatable bonds is 12. The second kappa shape index (κ2) is 12.2. The molecule has 1 rings (SSSR count). The molecule has 146 valence electrons. The van der Waals surface area contributed by atoms with Gasteiger partial charge >= 0.3 is 11.9 Å². The zero-order valence-corrected chi connectivity index (χ0v) is 16.3. The van der Waals surface area contributed by atoms with Crippen LogP contribution in [-0.2, 0) is 32.3 Å². The smallest absolute Gasteiger partial charge is 0.302 e. The van der Waals surface area contributed by atoms with Gasteiger partial charge in [0.25, 0.3) is 0 Å². The van der Waals surface area contributed by atoms with Crippen molar-refractivity contribution < 1.29 is 28.5 Å². The Balaban J connectivity index is 3.16. The average Bonchev–Trinajstić information content (AvgIpc) is 2.60. The fourth-order valence-electron chi connectivity index (χ4n) is 2.18. The lowest BCUT2D eigenvalue weighted by molar-refractivity contribution is -0.143. The second-order valence-electron chi connectivity index (χ2n) is 6.01. The van der Waals surface area contributed by atoms with Crippen LogP contribution in [0.15, 0.2) is 12.1 Å². The Morgan fingerprint density at radius 2 is 1.15 bits per heavy atom. The van der Waals surface area contributed by atoms with Crippen LogP contribution < -0.4 is 9.47 Å². The third kappa shape index (κ3) is 7.76. The Morgan fingerprint density at radius 3 is 1.46 bits per heavy atom. The first-order valence-corrected chi connectivity index (χ1v) is 9.16. The molecule has 0 radical (unpaired) electrons. The van der Waals surface area contributed by atoms with Gasteiger partial charge in [0, 0.05) is 25.0 Å². The highest BCUT2D eigenvalue weighted by molar-refractivity contribution is 5.67. The van der Waals surface area contributed by atoms with Gasteiger partial charge in [-0.05, 0) is 12.8 Å². The topological polar surface area (TPSA) is 71.1 Å². The van der Waals surface area contributed by atoms with Gasteiger partial charge < -0.3 is 18.9 Å². The lowest BCUT2D eigenvalue weighted by atomic mass is 10.1. The number of esters is 2. The van der Waals surface area contributed by atoms with Crippen LogP contribution in [-0.4, -0.2) is 25.2 Å². The molecule has 0 atom stereocenters. The summed E-state index contributed by atoms with van der Waals surface area (Å²) in [5.41, 5.74) is 1.46. The Kier molecular flexibility index (Phi) is 10.2. The quantitative estimate of drug-likeness (QED) is 0.408.